The summed E-state index contributed by atoms with van der Waals surface area (Å²) in [6, 6.07) is 36.5. The second-order valence-corrected chi connectivity index (χ2v) is 12.7. The van der Waals surface area contributed by atoms with E-state index in [1.807, 2.05) is 123 Å². The van der Waals surface area contributed by atoms with Crippen molar-refractivity contribution < 1.29 is 18.7 Å². The van der Waals surface area contributed by atoms with Crippen molar-refractivity contribution in [3.63, 3.8) is 0 Å². The highest BCUT2D eigenvalue weighted by atomic mass is 32.2. The molecule has 8 rings (SSSR count). The summed E-state index contributed by atoms with van der Waals surface area (Å²) in [7, 11) is 0. The summed E-state index contributed by atoms with van der Waals surface area (Å²) in [6.07, 6.45) is 0. The van der Waals surface area contributed by atoms with Crippen LogP contribution >= 0.6 is 11.8 Å². The molecule has 1 atom stereocenters. The first kappa shape index (κ1) is 29.5. The molecule has 9 nitrogen and oxygen atoms in total. The third-order valence-electron chi connectivity index (χ3n) is 8.18. The van der Waals surface area contributed by atoms with Crippen molar-refractivity contribution in [1.29, 1.82) is 0 Å². The smallest absolute Gasteiger partial charge is 0.290 e. The molecule has 1 saturated heterocycles. The predicted octanol–water partition coefficient (Wildman–Crippen LogP) is 8.16. The summed E-state index contributed by atoms with van der Waals surface area (Å²) in [5.74, 6) is 0.936. The van der Waals surface area contributed by atoms with Crippen molar-refractivity contribution in [2.75, 3.05) is 5.75 Å². The van der Waals surface area contributed by atoms with Crippen LogP contribution in [0.3, 0.4) is 0 Å². The van der Waals surface area contributed by atoms with Crippen LogP contribution < -0.4 is 10.2 Å². The summed E-state index contributed by atoms with van der Waals surface area (Å²) in [4.78, 5) is 32.1. The Labute approximate surface area is 280 Å². The average molecular weight is 652 g/mol. The zero-order chi connectivity index (χ0) is 32.8. The van der Waals surface area contributed by atoms with Gasteiger partial charge in [0.25, 0.3) is 11.8 Å². The maximum atomic E-state index is 13.9. The largest absolute Gasteiger partial charge is 0.454 e. The zero-order valence-corrected chi connectivity index (χ0v) is 26.9. The maximum absolute atomic E-state index is 13.9. The summed E-state index contributed by atoms with van der Waals surface area (Å²) in [5.41, 5.74) is 8.69. The molecule has 0 aliphatic carbocycles. The molecule has 2 amide bonds. The van der Waals surface area contributed by atoms with E-state index in [2.05, 4.69) is 10.5 Å². The molecule has 236 valence electrons. The van der Waals surface area contributed by atoms with Gasteiger partial charge < -0.3 is 9.15 Å². The molecule has 4 aromatic carbocycles. The second kappa shape index (κ2) is 12.1. The fourth-order valence-electron chi connectivity index (χ4n) is 5.75. The van der Waals surface area contributed by atoms with Gasteiger partial charge in [0, 0.05) is 16.8 Å². The molecule has 10 heteroatoms. The molecule has 1 aliphatic heterocycles. The first-order chi connectivity index (χ1) is 23.4. The lowest BCUT2D eigenvalue weighted by Crippen LogP contribution is -2.44. The molecule has 7 aromatic rings. The van der Waals surface area contributed by atoms with Gasteiger partial charge in [-0.3, -0.25) is 15.0 Å². The summed E-state index contributed by atoms with van der Waals surface area (Å²) >= 11 is 1.39. The number of nitrogens with one attached hydrogen (secondary N) is 1. The number of nitrogens with zero attached hydrogens (tertiary/aromatic N) is 4. The lowest BCUT2D eigenvalue weighted by Gasteiger charge is -2.25. The molecule has 0 saturated carbocycles. The van der Waals surface area contributed by atoms with Crippen LogP contribution in [-0.4, -0.2) is 37.3 Å². The van der Waals surface area contributed by atoms with Gasteiger partial charge in [-0.25, -0.2) is 14.7 Å². The summed E-state index contributed by atoms with van der Waals surface area (Å²) in [5, 5.41) is 7.29. The Morgan fingerprint density at radius 2 is 1.65 bits per heavy atom. The predicted molar refractivity (Wildman–Crippen MR) is 186 cm³/mol. The van der Waals surface area contributed by atoms with E-state index in [0.717, 1.165) is 38.7 Å². The van der Waals surface area contributed by atoms with Crippen molar-refractivity contribution in [3.05, 3.63) is 138 Å². The number of thioether (sulfide) groups is 1. The van der Waals surface area contributed by atoms with Crippen molar-refractivity contribution >= 4 is 45.4 Å². The maximum Gasteiger partial charge on any atom is 0.290 e. The van der Waals surface area contributed by atoms with Gasteiger partial charge in [-0.05, 0) is 68.4 Å². The van der Waals surface area contributed by atoms with E-state index in [1.54, 1.807) is 10.7 Å². The van der Waals surface area contributed by atoms with Gasteiger partial charge >= 0.3 is 0 Å². The minimum Gasteiger partial charge on any atom is -0.454 e. The van der Waals surface area contributed by atoms with Crippen LogP contribution in [0.2, 0.25) is 0 Å². The number of pyridine rings is 1. The van der Waals surface area contributed by atoms with Crippen LogP contribution in [0, 0.1) is 13.8 Å². The van der Waals surface area contributed by atoms with Crippen LogP contribution in [-0.2, 0) is 4.79 Å². The molecule has 0 radical (unpaired) electrons. The molecule has 1 fully saturated rings. The van der Waals surface area contributed by atoms with E-state index in [4.69, 9.17) is 14.1 Å². The molecule has 1 N–H and O–H groups in total. The number of carbonyl (C=O) groups is 2. The molecule has 0 bridgehead atoms. The number of rotatable bonds is 7. The van der Waals surface area contributed by atoms with Crippen LogP contribution in [0.25, 0.3) is 39.0 Å². The molecular formula is C38H29N5O4S. The van der Waals surface area contributed by atoms with E-state index in [-0.39, 0.29) is 17.4 Å². The van der Waals surface area contributed by atoms with Crippen LogP contribution in [0.15, 0.2) is 120 Å². The third-order valence-corrected chi connectivity index (χ3v) is 9.37. The number of para-hydroxylation sites is 2. The summed E-state index contributed by atoms with van der Waals surface area (Å²) in [6.45, 7) is 4.03. The van der Waals surface area contributed by atoms with Crippen LogP contribution in [0.5, 0.6) is 11.6 Å². The monoisotopic (exact) mass is 651 g/mol. The van der Waals surface area contributed by atoms with Crippen LogP contribution in [0.1, 0.15) is 32.6 Å². The van der Waals surface area contributed by atoms with Gasteiger partial charge in [-0.2, -0.15) is 5.10 Å². The Bertz CT molecular complexity index is 2300. The molecule has 4 heterocycles. The van der Waals surface area contributed by atoms with Crippen molar-refractivity contribution in [2.24, 2.45) is 0 Å². The van der Waals surface area contributed by atoms with Gasteiger partial charge in [0.15, 0.2) is 11.5 Å². The van der Waals surface area contributed by atoms with E-state index >= 15 is 0 Å². The number of hydrogen-bond donors (Lipinski definition) is 1. The lowest BCUT2D eigenvalue weighted by atomic mass is 10.1. The van der Waals surface area contributed by atoms with Crippen LogP contribution in [0.4, 0.5) is 0 Å². The number of hydrazine groups is 1. The molecule has 48 heavy (non-hydrogen) atoms. The Morgan fingerprint density at radius 1 is 0.875 bits per heavy atom. The standard InChI is InChI=1S/C38H29N5O4S/c1-23-12-15-28(16-13-23)46-37-29(19-26-18-24(2)14-17-30(26)39-37)38-43(35(44)22-48-38)41-36(45)31-21-32(42(40-31)27-9-4-3-5-10-27)34-20-25-8-6-7-11-33(25)47-34/h3-21,38H,22H2,1-2H3,(H,41,45). The minimum absolute atomic E-state index is 0.126. The van der Waals surface area contributed by atoms with E-state index in [0.29, 0.717) is 28.6 Å². The Kier molecular flexibility index (Phi) is 7.41. The molecule has 1 unspecified atom stereocenters. The van der Waals surface area contributed by atoms with Gasteiger partial charge in [0.05, 0.1) is 22.5 Å². The third kappa shape index (κ3) is 5.56. The van der Waals surface area contributed by atoms with E-state index in [1.165, 1.54) is 16.8 Å². The highest BCUT2D eigenvalue weighted by Crippen LogP contribution is 2.43. The molecular weight excluding hydrogens is 623 g/mol. The molecule has 0 spiro atoms. The first-order valence-corrected chi connectivity index (χ1v) is 16.5. The average Bonchev–Trinajstić information content (AvgIpc) is 3.83. The fraction of sp³-hybridized carbons (Fsp3) is 0.105. The summed E-state index contributed by atoms with van der Waals surface area (Å²) < 4.78 is 14.2. The number of aryl methyl sites for hydroxylation is 2. The first-order valence-electron chi connectivity index (χ1n) is 15.4. The highest BCUT2D eigenvalue weighted by Gasteiger charge is 2.37. The normalized spacial score (nSPS) is 14.6. The number of carbonyl (C=O) groups excluding carboxylic acids is 2. The SMILES string of the molecule is Cc1ccc(Oc2nc3ccc(C)cc3cc2C2SCC(=O)N2NC(=O)c2cc(-c3cc4ccccc4o3)n(-c3ccccc3)n2)cc1. The fourth-order valence-corrected chi connectivity index (χ4v) is 6.86. The molecule has 1 aliphatic rings. The minimum atomic E-state index is -0.592. The van der Waals surface area contributed by atoms with Crippen molar-refractivity contribution in [1.82, 2.24) is 25.2 Å². The number of hydrogen-bond acceptors (Lipinski definition) is 7. The second-order valence-electron chi connectivity index (χ2n) is 11.7. The van der Waals surface area contributed by atoms with E-state index in [9.17, 15) is 9.59 Å². The topological polar surface area (TPSA) is 102 Å². The highest BCUT2D eigenvalue weighted by molar-refractivity contribution is 8.00. The van der Waals surface area contributed by atoms with Crippen molar-refractivity contribution in [2.45, 2.75) is 19.2 Å². The van der Waals surface area contributed by atoms with Gasteiger partial charge in [-0.15, -0.1) is 11.8 Å². The van der Waals surface area contributed by atoms with Crippen molar-refractivity contribution in [3.8, 4) is 28.8 Å². The zero-order valence-electron chi connectivity index (χ0n) is 26.1. The number of amides is 2. The number of furan rings is 1. The lowest BCUT2D eigenvalue weighted by molar-refractivity contribution is -0.130. The quantitative estimate of drug-likeness (QED) is 0.186. The van der Waals surface area contributed by atoms with Gasteiger partial charge in [0.2, 0.25) is 5.88 Å². The number of benzene rings is 4. The van der Waals surface area contributed by atoms with Gasteiger partial charge in [0.1, 0.15) is 22.4 Å². The number of aromatic nitrogens is 3. The molecule has 3 aromatic heterocycles. The Balaban J connectivity index is 1.16. The number of ether oxygens (including phenoxy) is 1. The Morgan fingerprint density at radius 3 is 2.46 bits per heavy atom. The van der Waals surface area contributed by atoms with E-state index < -0.39 is 11.3 Å². The number of fused-ring (bicyclic) bond motifs is 2. The Hall–Kier alpha value is -5.87. The van der Waals surface area contributed by atoms with Gasteiger partial charge in [-0.1, -0.05) is 65.7 Å².